The zero-order chi connectivity index (χ0) is 19.7. The SMILES string of the molecule is CC1CN(c2c(C=O)c3c4c(noc4c2F)N2C(=O)OCC2C3F)CC(C)O1. The maximum absolute atomic E-state index is 15.5. The lowest BCUT2D eigenvalue weighted by Gasteiger charge is -2.38. The lowest BCUT2D eigenvalue weighted by molar-refractivity contribution is -0.00544. The van der Waals surface area contributed by atoms with Crippen LogP contribution >= 0.6 is 0 Å². The van der Waals surface area contributed by atoms with Crippen LogP contribution in [0, 0.1) is 5.82 Å². The number of aldehydes is 1. The molecule has 148 valence electrons. The summed E-state index contributed by atoms with van der Waals surface area (Å²) in [6.45, 7) is 4.16. The molecule has 1 amide bonds. The molecule has 4 unspecified atom stereocenters. The van der Waals surface area contributed by atoms with Gasteiger partial charge in [0.15, 0.2) is 24.1 Å². The van der Waals surface area contributed by atoms with Gasteiger partial charge in [-0.3, -0.25) is 4.79 Å². The van der Waals surface area contributed by atoms with Crippen LogP contribution in [0.1, 0.15) is 35.9 Å². The Morgan fingerprint density at radius 3 is 2.64 bits per heavy atom. The monoisotopic (exact) mass is 393 g/mol. The maximum Gasteiger partial charge on any atom is 0.416 e. The van der Waals surface area contributed by atoms with Crippen LogP contribution in [-0.4, -0.2) is 55.5 Å². The van der Waals surface area contributed by atoms with Crippen LogP contribution in [0.25, 0.3) is 11.0 Å². The maximum atomic E-state index is 15.5. The average Bonchev–Trinajstić information content (AvgIpc) is 3.24. The van der Waals surface area contributed by atoms with Crippen molar-refractivity contribution in [2.45, 2.75) is 38.3 Å². The van der Waals surface area contributed by atoms with Gasteiger partial charge in [0, 0.05) is 24.2 Å². The molecular weight excluding hydrogens is 376 g/mol. The number of hydrogen-bond acceptors (Lipinski definition) is 7. The van der Waals surface area contributed by atoms with Gasteiger partial charge in [-0.2, -0.15) is 0 Å². The van der Waals surface area contributed by atoms with Crippen LogP contribution in [0.5, 0.6) is 0 Å². The van der Waals surface area contributed by atoms with Gasteiger partial charge < -0.3 is 18.9 Å². The van der Waals surface area contributed by atoms with Crippen LogP contribution in [0.2, 0.25) is 0 Å². The fourth-order valence-electron chi connectivity index (χ4n) is 4.49. The quantitative estimate of drug-likeness (QED) is 0.726. The molecule has 0 bridgehead atoms. The van der Waals surface area contributed by atoms with E-state index in [-0.39, 0.29) is 52.4 Å². The third-order valence-electron chi connectivity index (χ3n) is 5.50. The molecule has 0 aliphatic carbocycles. The number of cyclic esters (lactones) is 1. The van der Waals surface area contributed by atoms with Crippen LogP contribution < -0.4 is 9.80 Å². The molecule has 10 heteroatoms. The number of morpholine rings is 1. The van der Waals surface area contributed by atoms with Crippen molar-refractivity contribution in [2.75, 3.05) is 29.5 Å². The van der Waals surface area contributed by atoms with Crippen LogP contribution in [-0.2, 0) is 9.47 Å². The molecular formula is C18H17F2N3O5. The van der Waals surface area contributed by atoms with E-state index in [1.807, 2.05) is 13.8 Å². The Bertz CT molecular complexity index is 999. The van der Waals surface area contributed by atoms with Gasteiger partial charge >= 0.3 is 6.09 Å². The van der Waals surface area contributed by atoms with Crippen molar-refractivity contribution in [2.24, 2.45) is 0 Å². The number of hydrogen-bond donors (Lipinski definition) is 0. The molecule has 8 nitrogen and oxygen atoms in total. The summed E-state index contributed by atoms with van der Waals surface area (Å²) in [5, 5.41) is 3.79. The highest BCUT2D eigenvalue weighted by Gasteiger charge is 2.50. The number of halogens is 2. The van der Waals surface area contributed by atoms with E-state index in [0.717, 1.165) is 4.90 Å². The lowest BCUT2D eigenvalue weighted by Crippen LogP contribution is -2.46. The number of fused-ring (bicyclic) bond motifs is 2. The summed E-state index contributed by atoms with van der Waals surface area (Å²) in [6.07, 6.45) is -2.46. The van der Waals surface area contributed by atoms with Gasteiger partial charge in [0.25, 0.3) is 0 Å². The first kappa shape index (κ1) is 17.4. The van der Waals surface area contributed by atoms with Gasteiger partial charge in [-0.1, -0.05) is 5.16 Å². The number of alkyl halides is 1. The predicted octanol–water partition coefficient (Wildman–Crippen LogP) is 2.74. The van der Waals surface area contributed by atoms with Gasteiger partial charge in [-0.05, 0) is 13.8 Å². The van der Waals surface area contributed by atoms with E-state index in [2.05, 4.69) is 5.16 Å². The topological polar surface area (TPSA) is 85.1 Å². The number of rotatable bonds is 2. The molecule has 0 saturated carbocycles. The summed E-state index contributed by atoms with van der Waals surface area (Å²) in [4.78, 5) is 26.7. The molecule has 3 aliphatic rings. The Morgan fingerprint density at radius 2 is 1.96 bits per heavy atom. The molecule has 1 aromatic heterocycles. The Morgan fingerprint density at radius 1 is 1.25 bits per heavy atom. The summed E-state index contributed by atoms with van der Waals surface area (Å²) in [7, 11) is 0. The van der Waals surface area contributed by atoms with Crippen molar-refractivity contribution >= 4 is 34.9 Å². The Kier molecular flexibility index (Phi) is 3.64. The highest BCUT2D eigenvalue weighted by Crippen LogP contribution is 2.49. The van der Waals surface area contributed by atoms with E-state index in [1.165, 1.54) is 0 Å². The number of anilines is 2. The van der Waals surface area contributed by atoms with Crippen molar-refractivity contribution in [1.82, 2.24) is 5.16 Å². The fraction of sp³-hybridized carbons (Fsp3) is 0.500. The van der Waals surface area contributed by atoms with Gasteiger partial charge in [-0.25, -0.2) is 18.5 Å². The second-order valence-corrected chi connectivity index (χ2v) is 7.40. The van der Waals surface area contributed by atoms with E-state index in [0.29, 0.717) is 19.4 Å². The van der Waals surface area contributed by atoms with Crippen LogP contribution in [0.4, 0.5) is 25.1 Å². The number of benzene rings is 1. The lowest BCUT2D eigenvalue weighted by atomic mass is 9.89. The summed E-state index contributed by atoms with van der Waals surface area (Å²) < 4.78 is 46.7. The summed E-state index contributed by atoms with van der Waals surface area (Å²) in [5.41, 5.74) is -0.409. The highest BCUT2D eigenvalue weighted by atomic mass is 19.1. The molecule has 0 N–H and O–H groups in total. The molecule has 5 rings (SSSR count). The minimum Gasteiger partial charge on any atom is -0.447 e. The standard InChI is InChI=1S/C18H17F2N3O5/c1-7-3-22(4-8(2)27-7)15-9(5-24)11-12-16(14(15)20)28-21-17(12)23-10(13(11)19)6-26-18(23)25/h5,7-8,10,13H,3-4,6H2,1-2H3. The third-order valence-corrected chi connectivity index (χ3v) is 5.50. The normalized spacial score (nSPS) is 29.2. The van der Waals surface area contributed by atoms with Crippen molar-refractivity contribution in [3.05, 3.63) is 16.9 Å². The van der Waals surface area contributed by atoms with Gasteiger partial charge in [-0.15, -0.1) is 0 Å². The van der Waals surface area contributed by atoms with E-state index in [1.54, 1.807) is 4.90 Å². The summed E-state index contributed by atoms with van der Waals surface area (Å²) >= 11 is 0. The van der Waals surface area contributed by atoms with Crippen LogP contribution in [0.3, 0.4) is 0 Å². The first-order valence-corrected chi connectivity index (χ1v) is 9.02. The average molecular weight is 393 g/mol. The van der Waals surface area contributed by atoms with Crippen molar-refractivity contribution in [3.63, 3.8) is 0 Å². The number of carbonyl (C=O) groups is 2. The Balaban J connectivity index is 1.79. The summed E-state index contributed by atoms with van der Waals surface area (Å²) in [5.74, 6) is -0.831. The fourth-order valence-corrected chi connectivity index (χ4v) is 4.49. The molecule has 0 radical (unpaired) electrons. The smallest absolute Gasteiger partial charge is 0.416 e. The molecule has 2 saturated heterocycles. The molecule has 28 heavy (non-hydrogen) atoms. The second-order valence-electron chi connectivity index (χ2n) is 7.40. The summed E-state index contributed by atoms with van der Waals surface area (Å²) in [6, 6.07) is -0.979. The minimum atomic E-state index is -1.74. The van der Waals surface area contributed by atoms with Crippen molar-refractivity contribution in [1.29, 1.82) is 0 Å². The number of aromatic nitrogens is 1. The van der Waals surface area contributed by atoms with Crippen molar-refractivity contribution < 1.29 is 32.4 Å². The zero-order valence-electron chi connectivity index (χ0n) is 15.1. The largest absolute Gasteiger partial charge is 0.447 e. The number of carbonyl (C=O) groups excluding carboxylic acids is 2. The number of nitrogens with zero attached hydrogens (tertiary/aromatic N) is 3. The van der Waals surface area contributed by atoms with Gasteiger partial charge in [0.1, 0.15) is 12.6 Å². The minimum absolute atomic E-state index is 0.000284. The van der Waals surface area contributed by atoms with E-state index in [4.69, 9.17) is 14.0 Å². The van der Waals surface area contributed by atoms with E-state index < -0.39 is 24.1 Å². The third kappa shape index (κ3) is 2.15. The molecule has 2 aromatic rings. The van der Waals surface area contributed by atoms with Gasteiger partial charge in [0.2, 0.25) is 5.58 Å². The predicted molar refractivity (Wildman–Crippen MR) is 93.0 cm³/mol. The molecule has 4 atom stereocenters. The Labute approximate surface area is 157 Å². The molecule has 4 heterocycles. The molecule has 0 spiro atoms. The molecule has 2 fully saturated rings. The number of ether oxygens (including phenoxy) is 2. The number of amides is 1. The van der Waals surface area contributed by atoms with Gasteiger partial charge in [0.05, 0.1) is 23.3 Å². The first-order chi connectivity index (χ1) is 13.4. The molecule has 3 aliphatic heterocycles. The van der Waals surface area contributed by atoms with Crippen molar-refractivity contribution in [3.8, 4) is 0 Å². The second kappa shape index (κ2) is 5.87. The Hall–Kier alpha value is -2.75. The van der Waals surface area contributed by atoms with E-state index in [9.17, 15) is 9.59 Å². The zero-order valence-corrected chi connectivity index (χ0v) is 15.1. The van der Waals surface area contributed by atoms with Crippen LogP contribution in [0.15, 0.2) is 4.52 Å². The first-order valence-electron chi connectivity index (χ1n) is 9.02. The van der Waals surface area contributed by atoms with E-state index >= 15 is 8.78 Å². The molecule has 1 aromatic carbocycles. The highest BCUT2D eigenvalue weighted by molar-refractivity contribution is 6.08.